The standard InChI is InChI=1S/C10H15F4N7/c11-6(12)10(13,14)5-16-7-17-8(20-15)19-9(18-7)21-3-1-2-4-21/h6H,1-5,15H2,(H2,16,17,18,19,20). The van der Waals surface area contributed by atoms with Crippen molar-refractivity contribution in [2.45, 2.75) is 25.2 Å². The molecular weight excluding hydrogens is 294 g/mol. The first-order valence-corrected chi connectivity index (χ1v) is 6.30. The zero-order valence-electron chi connectivity index (χ0n) is 11.0. The van der Waals surface area contributed by atoms with E-state index in [0.717, 1.165) is 25.9 Å². The van der Waals surface area contributed by atoms with Gasteiger partial charge in [-0.05, 0) is 12.8 Å². The minimum absolute atomic E-state index is 0.0326. The fraction of sp³-hybridized carbons (Fsp3) is 0.700. The number of aromatic nitrogens is 3. The molecule has 7 nitrogen and oxygen atoms in total. The molecular formula is C10H15F4N7. The second-order valence-electron chi connectivity index (χ2n) is 4.54. The molecule has 21 heavy (non-hydrogen) atoms. The van der Waals surface area contributed by atoms with Crippen LogP contribution in [0.15, 0.2) is 0 Å². The van der Waals surface area contributed by atoms with E-state index in [2.05, 4.69) is 25.7 Å². The van der Waals surface area contributed by atoms with Gasteiger partial charge in [-0.15, -0.1) is 0 Å². The highest BCUT2D eigenvalue weighted by Gasteiger charge is 2.40. The lowest BCUT2D eigenvalue weighted by atomic mass is 10.3. The number of nitrogens with two attached hydrogens (primary N) is 1. The summed E-state index contributed by atoms with van der Waals surface area (Å²) in [6, 6.07) is 0. The number of nitrogens with one attached hydrogen (secondary N) is 2. The van der Waals surface area contributed by atoms with E-state index >= 15 is 0 Å². The average molecular weight is 309 g/mol. The van der Waals surface area contributed by atoms with Crippen molar-refractivity contribution in [3.05, 3.63) is 0 Å². The minimum Gasteiger partial charge on any atom is -0.348 e. The second kappa shape index (κ2) is 6.24. The molecule has 2 heterocycles. The van der Waals surface area contributed by atoms with Crippen LogP contribution in [0.3, 0.4) is 0 Å². The predicted molar refractivity (Wildman–Crippen MR) is 68.5 cm³/mol. The summed E-state index contributed by atoms with van der Waals surface area (Å²) in [5.41, 5.74) is 2.19. The summed E-state index contributed by atoms with van der Waals surface area (Å²) in [6.07, 6.45) is -1.84. The number of rotatable bonds is 6. The molecule has 118 valence electrons. The van der Waals surface area contributed by atoms with E-state index < -0.39 is 18.9 Å². The summed E-state index contributed by atoms with van der Waals surface area (Å²) in [5, 5.41) is 2.09. The maximum absolute atomic E-state index is 12.9. The third-order valence-corrected chi connectivity index (χ3v) is 2.94. The number of anilines is 3. The molecule has 0 unspecified atom stereocenters. The van der Waals surface area contributed by atoms with Gasteiger partial charge in [0.2, 0.25) is 17.8 Å². The molecule has 11 heteroatoms. The number of nitrogen functional groups attached to an aromatic ring is 1. The second-order valence-corrected chi connectivity index (χ2v) is 4.54. The Kier molecular flexibility index (Phi) is 4.60. The van der Waals surface area contributed by atoms with Crippen LogP contribution < -0.4 is 21.5 Å². The molecule has 0 radical (unpaired) electrons. The van der Waals surface area contributed by atoms with E-state index in [1.165, 1.54) is 0 Å². The molecule has 2 rings (SSSR count). The first-order valence-electron chi connectivity index (χ1n) is 6.30. The lowest BCUT2D eigenvalue weighted by Crippen LogP contribution is -2.35. The Bertz CT molecular complexity index is 478. The predicted octanol–water partition coefficient (Wildman–Crippen LogP) is 1.07. The van der Waals surface area contributed by atoms with Crippen LogP contribution in [0.25, 0.3) is 0 Å². The van der Waals surface area contributed by atoms with Gasteiger partial charge in [0.25, 0.3) is 0 Å². The molecule has 0 atom stereocenters. The molecule has 1 saturated heterocycles. The molecule has 0 spiro atoms. The number of hydrogen-bond donors (Lipinski definition) is 3. The molecule has 1 aliphatic heterocycles. The zero-order valence-corrected chi connectivity index (χ0v) is 11.0. The van der Waals surface area contributed by atoms with Gasteiger partial charge in [0, 0.05) is 13.1 Å². The van der Waals surface area contributed by atoms with Crippen molar-refractivity contribution in [3.63, 3.8) is 0 Å². The first-order chi connectivity index (χ1) is 9.92. The van der Waals surface area contributed by atoms with Crippen LogP contribution in [0.4, 0.5) is 35.4 Å². The highest BCUT2D eigenvalue weighted by Crippen LogP contribution is 2.23. The highest BCUT2D eigenvalue weighted by molar-refractivity contribution is 5.43. The largest absolute Gasteiger partial charge is 0.348 e. The van der Waals surface area contributed by atoms with E-state index in [-0.39, 0.29) is 17.8 Å². The Balaban J connectivity index is 2.13. The van der Waals surface area contributed by atoms with Crippen LogP contribution in [-0.4, -0.2) is 46.9 Å². The Morgan fingerprint density at radius 3 is 2.33 bits per heavy atom. The SMILES string of the molecule is NNc1nc(NCC(F)(F)C(F)F)nc(N2CCCC2)n1. The topological polar surface area (TPSA) is 92.0 Å². The molecule has 0 saturated carbocycles. The van der Waals surface area contributed by atoms with Crippen LogP contribution in [0, 0.1) is 0 Å². The molecule has 0 bridgehead atoms. The number of nitrogens with zero attached hydrogens (tertiary/aromatic N) is 4. The van der Waals surface area contributed by atoms with Crippen molar-refractivity contribution < 1.29 is 17.6 Å². The van der Waals surface area contributed by atoms with Gasteiger partial charge < -0.3 is 10.2 Å². The van der Waals surface area contributed by atoms with Gasteiger partial charge in [-0.1, -0.05) is 0 Å². The minimum atomic E-state index is -4.17. The van der Waals surface area contributed by atoms with Crippen LogP contribution in [0.2, 0.25) is 0 Å². The summed E-state index contributed by atoms with van der Waals surface area (Å²) in [7, 11) is 0. The molecule has 0 amide bonds. The molecule has 1 aromatic heterocycles. The maximum atomic E-state index is 12.9. The van der Waals surface area contributed by atoms with Gasteiger partial charge in [0.05, 0.1) is 6.54 Å². The smallest absolute Gasteiger partial charge is 0.324 e. The number of halogens is 4. The van der Waals surface area contributed by atoms with Gasteiger partial charge in [-0.3, -0.25) is 5.43 Å². The fourth-order valence-corrected chi connectivity index (χ4v) is 1.84. The third kappa shape index (κ3) is 3.80. The van der Waals surface area contributed by atoms with Gasteiger partial charge >= 0.3 is 12.3 Å². The zero-order chi connectivity index (χ0) is 15.5. The van der Waals surface area contributed by atoms with Crippen molar-refractivity contribution in [1.82, 2.24) is 15.0 Å². The van der Waals surface area contributed by atoms with Crippen LogP contribution in [0.1, 0.15) is 12.8 Å². The van der Waals surface area contributed by atoms with E-state index in [9.17, 15) is 17.6 Å². The lowest BCUT2D eigenvalue weighted by molar-refractivity contribution is -0.117. The Morgan fingerprint density at radius 2 is 1.76 bits per heavy atom. The fourth-order valence-electron chi connectivity index (χ4n) is 1.84. The molecule has 1 aromatic rings. The van der Waals surface area contributed by atoms with Crippen LogP contribution in [-0.2, 0) is 0 Å². The normalized spacial score (nSPS) is 15.6. The Morgan fingerprint density at radius 1 is 1.14 bits per heavy atom. The van der Waals surface area contributed by atoms with Crippen molar-refractivity contribution >= 4 is 17.8 Å². The van der Waals surface area contributed by atoms with Crippen LogP contribution >= 0.6 is 0 Å². The summed E-state index contributed by atoms with van der Waals surface area (Å²) in [4.78, 5) is 13.5. The third-order valence-electron chi connectivity index (χ3n) is 2.94. The van der Waals surface area contributed by atoms with Crippen molar-refractivity contribution in [2.24, 2.45) is 5.84 Å². The van der Waals surface area contributed by atoms with Crippen molar-refractivity contribution in [1.29, 1.82) is 0 Å². The van der Waals surface area contributed by atoms with Crippen LogP contribution in [0.5, 0.6) is 0 Å². The van der Waals surface area contributed by atoms with Gasteiger partial charge in [0.1, 0.15) is 0 Å². The summed E-state index contributed by atoms with van der Waals surface area (Å²) < 4.78 is 50.0. The monoisotopic (exact) mass is 309 g/mol. The Labute approximate surface area is 117 Å². The first kappa shape index (κ1) is 15.5. The number of hydrogen-bond acceptors (Lipinski definition) is 7. The highest BCUT2D eigenvalue weighted by atomic mass is 19.3. The maximum Gasteiger partial charge on any atom is 0.324 e. The lowest BCUT2D eigenvalue weighted by Gasteiger charge is -2.18. The molecule has 0 aromatic carbocycles. The molecule has 4 N–H and O–H groups in total. The summed E-state index contributed by atoms with van der Waals surface area (Å²) in [5.74, 6) is 1.02. The molecule has 0 aliphatic carbocycles. The Hall–Kier alpha value is -1.91. The summed E-state index contributed by atoms with van der Waals surface area (Å²) in [6.45, 7) is 0.166. The van der Waals surface area contributed by atoms with Crippen molar-refractivity contribution in [3.8, 4) is 0 Å². The quantitative estimate of drug-likeness (QED) is 0.411. The molecule has 1 aliphatic rings. The van der Waals surface area contributed by atoms with E-state index in [1.54, 1.807) is 0 Å². The number of hydrazine groups is 1. The van der Waals surface area contributed by atoms with Crippen molar-refractivity contribution in [2.75, 3.05) is 35.3 Å². The van der Waals surface area contributed by atoms with E-state index in [1.807, 2.05) is 4.90 Å². The van der Waals surface area contributed by atoms with E-state index in [0.29, 0.717) is 0 Å². The summed E-state index contributed by atoms with van der Waals surface area (Å²) >= 11 is 0. The molecule has 1 fully saturated rings. The number of alkyl halides is 4. The van der Waals surface area contributed by atoms with Gasteiger partial charge in [-0.2, -0.15) is 23.7 Å². The van der Waals surface area contributed by atoms with Gasteiger partial charge in [-0.25, -0.2) is 14.6 Å². The van der Waals surface area contributed by atoms with Gasteiger partial charge in [0.15, 0.2) is 0 Å². The average Bonchev–Trinajstić information content (AvgIpc) is 2.99. The van der Waals surface area contributed by atoms with E-state index in [4.69, 9.17) is 5.84 Å².